The lowest BCUT2D eigenvalue weighted by Gasteiger charge is -2.06. The van der Waals surface area contributed by atoms with Crippen molar-refractivity contribution in [2.45, 2.75) is 19.8 Å². The number of nitrogen functional groups attached to an aromatic ring is 1. The van der Waals surface area contributed by atoms with E-state index in [9.17, 15) is 4.79 Å². The molecule has 6 nitrogen and oxygen atoms in total. The van der Waals surface area contributed by atoms with Crippen LogP contribution in [0.5, 0.6) is 0 Å². The Morgan fingerprint density at radius 1 is 1.33 bits per heavy atom. The molecule has 0 atom stereocenters. The first-order chi connectivity index (χ1) is 8.49. The molecule has 0 saturated carbocycles. The van der Waals surface area contributed by atoms with Crippen LogP contribution >= 0.6 is 0 Å². The van der Waals surface area contributed by atoms with Gasteiger partial charge in [0.25, 0.3) is 5.91 Å². The van der Waals surface area contributed by atoms with Gasteiger partial charge in [0.05, 0.1) is 11.4 Å². The molecule has 94 valence electrons. The molecule has 0 aromatic carbocycles. The van der Waals surface area contributed by atoms with Gasteiger partial charge >= 0.3 is 0 Å². The van der Waals surface area contributed by atoms with Crippen molar-refractivity contribution in [3.8, 4) is 5.82 Å². The maximum absolute atomic E-state index is 11.1. The van der Waals surface area contributed by atoms with Gasteiger partial charge in [0.2, 0.25) is 0 Å². The minimum atomic E-state index is -0.590. The zero-order valence-corrected chi connectivity index (χ0v) is 10.3. The van der Waals surface area contributed by atoms with E-state index in [1.54, 1.807) is 16.9 Å². The Labute approximate surface area is 105 Å². The van der Waals surface area contributed by atoms with Crippen molar-refractivity contribution in [2.75, 3.05) is 5.73 Å². The molecule has 18 heavy (non-hydrogen) atoms. The molecule has 0 aliphatic rings. The molecule has 2 aromatic heterocycles. The van der Waals surface area contributed by atoms with E-state index in [-0.39, 0.29) is 5.69 Å². The molecule has 0 fully saturated rings. The predicted molar refractivity (Wildman–Crippen MR) is 68.4 cm³/mol. The van der Waals surface area contributed by atoms with Gasteiger partial charge in [-0.2, -0.15) is 5.10 Å². The highest BCUT2D eigenvalue weighted by molar-refractivity contribution is 5.91. The monoisotopic (exact) mass is 245 g/mol. The number of aromatic nitrogens is 3. The Balaban J connectivity index is 2.48. The van der Waals surface area contributed by atoms with Gasteiger partial charge in [0, 0.05) is 6.20 Å². The number of hydrogen-bond acceptors (Lipinski definition) is 4. The second kappa shape index (κ2) is 4.48. The second-order valence-corrected chi connectivity index (χ2v) is 4.31. The number of hydrogen-bond donors (Lipinski definition) is 2. The molecule has 1 amide bonds. The van der Waals surface area contributed by atoms with Crippen LogP contribution in [0, 0.1) is 0 Å². The van der Waals surface area contributed by atoms with Gasteiger partial charge in [-0.25, -0.2) is 9.67 Å². The summed E-state index contributed by atoms with van der Waals surface area (Å²) in [6.07, 6.45) is 1.76. The Morgan fingerprint density at radius 2 is 2.06 bits per heavy atom. The molecule has 2 aromatic rings. The van der Waals surface area contributed by atoms with Gasteiger partial charge in [0.15, 0.2) is 5.82 Å². The summed E-state index contributed by atoms with van der Waals surface area (Å²) >= 11 is 0. The van der Waals surface area contributed by atoms with Gasteiger partial charge in [0.1, 0.15) is 5.69 Å². The van der Waals surface area contributed by atoms with Crippen LogP contribution in [0.15, 0.2) is 24.4 Å². The number of amides is 1. The number of carbonyl (C=O) groups excluding carboxylic acids is 1. The van der Waals surface area contributed by atoms with Crippen molar-refractivity contribution < 1.29 is 4.79 Å². The summed E-state index contributed by atoms with van der Waals surface area (Å²) in [5.41, 5.74) is 12.6. The quantitative estimate of drug-likeness (QED) is 0.844. The number of pyridine rings is 1. The van der Waals surface area contributed by atoms with Gasteiger partial charge in [-0.05, 0) is 24.1 Å². The van der Waals surface area contributed by atoms with Crippen molar-refractivity contribution >= 4 is 11.6 Å². The van der Waals surface area contributed by atoms with E-state index in [0.29, 0.717) is 17.4 Å². The van der Waals surface area contributed by atoms with E-state index in [2.05, 4.69) is 10.1 Å². The standard InChI is InChI=1S/C12H15N5O/c1-7(2)9-5-6-17(16-9)12-8(13)3-4-10(15-12)11(14)18/h3-7H,13H2,1-2H3,(H2,14,18). The fourth-order valence-corrected chi connectivity index (χ4v) is 1.54. The first-order valence-electron chi connectivity index (χ1n) is 5.61. The van der Waals surface area contributed by atoms with Crippen molar-refractivity contribution in [3.63, 3.8) is 0 Å². The molecule has 0 radical (unpaired) electrons. The molecule has 0 saturated heterocycles. The van der Waals surface area contributed by atoms with Crippen LogP contribution in [0.25, 0.3) is 5.82 Å². The molecular formula is C12H15N5O. The lowest BCUT2D eigenvalue weighted by Crippen LogP contribution is -2.15. The van der Waals surface area contributed by atoms with E-state index >= 15 is 0 Å². The molecule has 2 rings (SSSR count). The summed E-state index contributed by atoms with van der Waals surface area (Å²) in [6.45, 7) is 4.09. The highest BCUT2D eigenvalue weighted by atomic mass is 16.1. The fraction of sp³-hybridized carbons (Fsp3) is 0.250. The van der Waals surface area contributed by atoms with E-state index in [0.717, 1.165) is 5.69 Å². The first-order valence-corrected chi connectivity index (χ1v) is 5.61. The van der Waals surface area contributed by atoms with Crippen molar-refractivity contribution in [3.05, 3.63) is 35.8 Å². The highest BCUT2D eigenvalue weighted by Crippen LogP contribution is 2.17. The first kappa shape index (κ1) is 12.1. The summed E-state index contributed by atoms with van der Waals surface area (Å²) in [7, 11) is 0. The van der Waals surface area contributed by atoms with Crippen LogP contribution in [0.2, 0.25) is 0 Å². The van der Waals surface area contributed by atoms with E-state index < -0.39 is 5.91 Å². The Kier molecular flexibility index (Phi) is 3.01. The average molecular weight is 245 g/mol. The summed E-state index contributed by atoms with van der Waals surface area (Å²) in [4.78, 5) is 15.2. The van der Waals surface area contributed by atoms with E-state index in [1.165, 1.54) is 6.07 Å². The van der Waals surface area contributed by atoms with Crippen molar-refractivity contribution in [1.29, 1.82) is 0 Å². The minimum Gasteiger partial charge on any atom is -0.396 e. The third-order valence-electron chi connectivity index (χ3n) is 2.58. The van der Waals surface area contributed by atoms with Crippen LogP contribution in [-0.2, 0) is 0 Å². The van der Waals surface area contributed by atoms with Crippen LogP contribution in [0.1, 0.15) is 35.9 Å². The maximum atomic E-state index is 11.1. The van der Waals surface area contributed by atoms with Gasteiger partial charge in [-0.15, -0.1) is 0 Å². The van der Waals surface area contributed by atoms with Crippen molar-refractivity contribution in [1.82, 2.24) is 14.8 Å². The number of carbonyl (C=O) groups is 1. The molecular weight excluding hydrogens is 230 g/mol. The van der Waals surface area contributed by atoms with Crippen molar-refractivity contribution in [2.24, 2.45) is 5.73 Å². The van der Waals surface area contributed by atoms with Gasteiger partial charge in [-0.1, -0.05) is 13.8 Å². The van der Waals surface area contributed by atoms with Gasteiger partial charge < -0.3 is 11.5 Å². The molecule has 0 spiro atoms. The average Bonchev–Trinajstić information content (AvgIpc) is 2.78. The molecule has 0 aliphatic heterocycles. The lowest BCUT2D eigenvalue weighted by molar-refractivity contribution is 0.0995. The highest BCUT2D eigenvalue weighted by Gasteiger charge is 2.11. The molecule has 0 aliphatic carbocycles. The number of nitrogens with two attached hydrogens (primary N) is 2. The SMILES string of the molecule is CC(C)c1ccn(-c2nc(C(N)=O)ccc2N)n1. The fourth-order valence-electron chi connectivity index (χ4n) is 1.54. The van der Waals surface area contributed by atoms with Crippen LogP contribution in [0.4, 0.5) is 5.69 Å². The molecule has 6 heteroatoms. The molecule has 0 bridgehead atoms. The summed E-state index contributed by atoms with van der Waals surface area (Å²) < 4.78 is 1.55. The van der Waals surface area contributed by atoms with Crippen LogP contribution in [0.3, 0.4) is 0 Å². The normalized spacial score (nSPS) is 10.8. The zero-order valence-electron chi connectivity index (χ0n) is 10.3. The number of anilines is 1. The largest absolute Gasteiger partial charge is 0.396 e. The lowest BCUT2D eigenvalue weighted by atomic mass is 10.1. The molecule has 2 heterocycles. The Bertz CT molecular complexity index is 588. The van der Waals surface area contributed by atoms with Crippen LogP contribution in [-0.4, -0.2) is 20.7 Å². The summed E-state index contributed by atoms with van der Waals surface area (Å²) in [5.74, 6) is 0.137. The summed E-state index contributed by atoms with van der Waals surface area (Å²) in [5, 5.41) is 4.36. The maximum Gasteiger partial charge on any atom is 0.267 e. The third-order valence-corrected chi connectivity index (χ3v) is 2.58. The Morgan fingerprint density at radius 3 is 2.61 bits per heavy atom. The van der Waals surface area contributed by atoms with E-state index in [4.69, 9.17) is 11.5 Å². The Hall–Kier alpha value is -2.37. The minimum absolute atomic E-state index is 0.167. The zero-order chi connectivity index (χ0) is 13.3. The predicted octanol–water partition coefficient (Wildman–Crippen LogP) is 1.07. The van der Waals surface area contributed by atoms with Gasteiger partial charge in [-0.3, -0.25) is 4.79 Å². The third kappa shape index (κ3) is 2.17. The number of nitrogens with zero attached hydrogens (tertiary/aromatic N) is 3. The molecule has 0 unspecified atom stereocenters. The topological polar surface area (TPSA) is 99.8 Å². The molecule has 4 N–H and O–H groups in total. The summed E-state index contributed by atoms with van der Waals surface area (Å²) in [6, 6.07) is 4.98. The number of rotatable bonds is 3. The smallest absolute Gasteiger partial charge is 0.267 e. The number of primary amides is 1. The second-order valence-electron chi connectivity index (χ2n) is 4.31. The van der Waals surface area contributed by atoms with Crippen LogP contribution < -0.4 is 11.5 Å². The van der Waals surface area contributed by atoms with E-state index in [1.807, 2.05) is 19.9 Å².